The van der Waals surface area contributed by atoms with Gasteiger partial charge >= 0.3 is 6.03 Å². The number of likely N-dealkylation sites (N-methyl/N-ethyl adjacent to an activating group) is 1. The van der Waals surface area contributed by atoms with Crippen LogP contribution in [0.4, 0.5) is 10.5 Å². The molecular formula is C22H27N3O2. The van der Waals surface area contributed by atoms with Crippen molar-refractivity contribution in [1.82, 2.24) is 9.80 Å². The number of nitrogens with zero attached hydrogens (tertiary/aromatic N) is 3. The highest BCUT2D eigenvalue weighted by molar-refractivity contribution is 5.96. The normalized spacial score (nSPS) is 14.1. The summed E-state index contributed by atoms with van der Waals surface area (Å²) in [7, 11) is 1.78. The molecule has 0 N–H and O–H groups in total. The van der Waals surface area contributed by atoms with Crippen molar-refractivity contribution in [2.45, 2.75) is 26.3 Å². The van der Waals surface area contributed by atoms with E-state index in [0.29, 0.717) is 25.6 Å². The van der Waals surface area contributed by atoms with Gasteiger partial charge in [0.25, 0.3) is 0 Å². The van der Waals surface area contributed by atoms with Crippen molar-refractivity contribution in [2.75, 3.05) is 31.6 Å². The molecule has 0 unspecified atom stereocenters. The molecule has 0 aliphatic carbocycles. The lowest BCUT2D eigenvalue weighted by molar-refractivity contribution is -0.130. The van der Waals surface area contributed by atoms with Gasteiger partial charge in [-0.15, -0.1) is 0 Å². The van der Waals surface area contributed by atoms with Gasteiger partial charge in [-0.25, -0.2) is 4.79 Å². The van der Waals surface area contributed by atoms with E-state index in [1.54, 1.807) is 21.7 Å². The molecular weight excluding hydrogens is 338 g/mol. The van der Waals surface area contributed by atoms with Gasteiger partial charge in [0.05, 0.1) is 0 Å². The van der Waals surface area contributed by atoms with Crippen LogP contribution in [0.1, 0.15) is 30.9 Å². The molecule has 0 saturated carbocycles. The van der Waals surface area contributed by atoms with Crippen LogP contribution in [-0.2, 0) is 11.3 Å². The summed E-state index contributed by atoms with van der Waals surface area (Å²) in [6.45, 7) is 6.13. The predicted octanol–water partition coefficient (Wildman–Crippen LogP) is 3.71. The molecule has 27 heavy (non-hydrogen) atoms. The molecule has 1 fully saturated rings. The second-order valence-electron chi connectivity index (χ2n) is 7.34. The van der Waals surface area contributed by atoms with Crippen molar-refractivity contribution < 1.29 is 9.59 Å². The van der Waals surface area contributed by atoms with Gasteiger partial charge in [-0.1, -0.05) is 56.3 Å². The number of anilines is 1. The molecule has 1 saturated heterocycles. The van der Waals surface area contributed by atoms with Crippen LogP contribution in [0.5, 0.6) is 0 Å². The Morgan fingerprint density at radius 3 is 2.33 bits per heavy atom. The highest BCUT2D eigenvalue weighted by Gasteiger charge is 2.31. The zero-order valence-corrected chi connectivity index (χ0v) is 16.3. The van der Waals surface area contributed by atoms with Crippen LogP contribution in [0, 0.1) is 0 Å². The van der Waals surface area contributed by atoms with Gasteiger partial charge < -0.3 is 9.80 Å². The van der Waals surface area contributed by atoms with Crippen molar-refractivity contribution in [3.8, 4) is 0 Å². The first-order valence-electron chi connectivity index (χ1n) is 9.40. The molecule has 142 valence electrons. The summed E-state index contributed by atoms with van der Waals surface area (Å²) in [4.78, 5) is 30.3. The Kier molecular flexibility index (Phi) is 5.79. The number of hydrogen-bond acceptors (Lipinski definition) is 2. The van der Waals surface area contributed by atoms with Crippen LogP contribution < -0.4 is 4.90 Å². The summed E-state index contributed by atoms with van der Waals surface area (Å²) in [5, 5.41) is 0. The van der Waals surface area contributed by atoms with Crippen molar-refractivity contribution in [3.63, 3.8) is 0 Å². The molecule has 2 aromatic rings. The third-order valence-corrected chi connectivity index (χ3v) is 4.98. The Bertz CT molecular complexity index is 787. The third-order valence-electron chi connectivity index (χ3n) is 4.98. The number of rotatable bonds is 6. The minimum absolute atomic E-state index is 0.0517. The first kappa shape index (κ1) is 19.0. The van der Waals surface area contributed by atoms with Gasteiger partial charge in [0.1, 0.15) is 6.54 Å². The average Bonchev–Trinajstić information content (AvgIpc) is 3.03. The van der Waals surface area contributed by atoms with E-state index in [0.717, 1.165) is 11.3 Å². The van der Waals surface area contributed by atoms with E-state index in [1.807, 2.05) is 42.5 Å². The largest absolute Gasteiger partial charge is 0.340 e. The summed E-state index contributed by atoms with van der Waals surface area (Å²) in [5.74, 6) is 0.409. The lowest BCUT2D eigenvalue weighted by Crippen LogP contribution is -2.40. The fourth-order valence-electron chi connectivity index (χ4n) is 3.24. The van der Waals surface area contributed by atoms with E-state index < -0.39 is 0 Å². The second kappa shape index (κ2) is 8.25. The summed E-state index contributed by atoms with van der Waals surface area (Å²) in [6.07, 6.45) is 0. The summed E-state index contributed by atoms with van der Waals surface area (Å²) >= 11 is 0. The van der Waals surface area contributed by atoms with Gasteiger partial charge in [0.2, 0.25) is 5.91 Å². The fraction of sp³-hybridized carbons (Fsp3) is 0.364. The molecule has 5 nitrogen and oxygen atoms in total. The van der Waals surface area contributed by atoms with Crippen molar-refractivity contribution in [1.29, 1.82) is 0 Å². The molecule has 3 amide bonds. The zero-order valence-electron chi connectivity index (χ0n) is 16.3. The van der Waals surface area contributed by atoms with Crippen molar-refractivity contribution >= 4 is 17.6 Å². The van der Waals surface area contributed by atoms with E-state index in [2.05, 4.69) is 26.0 Å². The maximum absolute atomic E-state index is 12.7. The van der Waals surface area contributed by atoms with Crippen molar-refractivity contribution in [2.24, 2.45) is 0 Å². The fourth-order valence-corrected chi connectivity index (χ4v) is 3.24. The summed E-state index contributed by atoms with van der Waals surface area (Å²) in [5.41, 5.74) is 3.21. The van der Waals surface area contributed by atoms with Crippen LogP contribution >= 0.6 is 0 Å². The number of urea groups is 1. The predicted molar refractivity (Wildman–Crippen MR) is 108 cm³/mol. The van der Waals surface area contributed by atoms with Gasteiger partial charge in [0.15, 0.2) is 0 Å². The first-order valence-corrected chi connectivity index (χ1v) is 9.40. The van der Waals surface area contributed by atoms with Gasteiger partial charge in [-0.2, -0.15) is 0 Å². The highest BCUT2D eigenvalue weighted by Crippen LogP contribution is 2.23. The number of carbonyl (C=O) groups is 2. The Morgan fingerprint density at radius 2 is 1.70 bits per heavy atom. The lowest BCUT2D eigenvalue weighted by atomic mass is 10.0. The minimum atomic E-state index is -0.103. The maximum Gasteiger partial charge on any atom is 0.325 e. The monoisotopic (exact) mass is 365 g/mol. The maximum atomic E-state index is 12.7. The van der Waals surface area contributed by atoms with E-state index in [-0.39, 0.29) is 18.5 Å². The van der Waals surface area contributed by atoms with Crippen molar-refractivity contribution in [3.05, 3.63) is 65.7 Å². The minimum Gasteiger partial charge on any atom is -0.340 e. The number of benzene rings is 2. The van der Waals surface area contributed by atoms with Gasteiger partial charge in [-0.3, -0.25) is 9.69 Å². The molecule has 0 spiro atoms. The number of hydrogen-bond donors (Lipinski definition) is 0. The van der Waals surface area contributed by atoms with Crippen LogP contribution in [-0.4, -0.2) is 48.4 Å². The Balaban J connectivity index is 1.58. The van der Waals surface area contributed by atoms with E-state index >= 15 is 0 Å². The third kappa shape index (κ3) is 4.48. The first-order chi connectivity index (χ1) is 13.0. The van der Waals surface area contributed by atoms with Crippen LogP contribution in [0.15, 0.2) is 54.6 Å². The number of carbonyl (C=O) groups excluding carboxylic acids is 2. The van der Waals surface area contributed by atoms with Crippen LogP contribution in [0.2, 0.25) is 0 Å². The quantitative estimate of drug-likeness (QED) is 0.783. The Labute approximate surface area is 161 Å². The van der Waals surface area contributed by atoms with Crippen LogP contribution in [0.3, 0.4) is 0 Å². The average molecular weight is 365 g/mol. The molecule has 3 rings (SSSR count). The molecule has 0 aromatic heterocycles. The smallest absolute Gasteiger partial charge is 0.325 e. The van der Waals surface area contributed by atoms with Gasteiger partial charge in [0, 0.05) is 32.4 Å². The van der Waals surface area contributed by atoms with E-state index in [1.165, 1.54) is 5.56 Å². The molecule has 1 heterocycles. The Hall–Kier alpha value is -2.82. The SMILES string of the molecule is CC(C)c1ccc(N2CCN(CC(=O)N(C)Cc3ccccc3)C2=O)cc1. The van der Waals surface area contributed by atoms with Gasteiger partial charge in [-0.05, 0) is 29.2 Å². The van der Waals surface area contributed by atoms with E-state index in [4.69, 9.17) is 0 Å². The molecule has 1 aliphatic heterocycles. The topological polar surface area (TPSA) is 43.9 Å². The zero-order chi connectivity index (χ0) is 19.4. The number of amides is 3. The molecule has 1 aliphatic rings. The molecule has 0 radical (unpaired) electrons. The Morgan fingerprint density at radius 1 is 1.04 bits per heavy atom. The standard InChI is InChI=1S/C22H27N3O2/c1-17(2)19-9-11-20(12-10-19)25-14-13-24(22(25)27)16-21(26)23(3)15-18-7-5-4-6-8-18/h4-12,17H,13-16H2,1-3H3. The molecule has 5 heteroatoms. The second-order valence-corrected chi connectivity index (χ2v) is 7.34. The molecule has 0 atom stereocenters. The molecule has 2 aromatic carbocycles. The lowest BCUT2D eigenvalue weighted by Gasteiger charge is -2.22. The summed E-state index contributed by atoms with van der Waals surface area (Å²) < 4.78 is 0. The summed E-state index contributed by atoms with van der Waals surface area (Å²) in [6, 6.07) is 17.9. The van der Waals surface area contributed by atoms with E-state index in [9.17, 15) is 9.59 Å². The highest BCUT2D eigenvalue weighted by atomic mass is 16.2. The molecule has 0 bridgehead atoms. The van der Waals surface area contributed by atoms with Crippen LogP contribution in [0.25, 0.3) is 0 Å².